The summed E-state index contributed by atoms with van der Waals surface area (Å²) in [5.41, 5.74) is 0. The van der Waals surface area contributed by atoms with Gasteiger partial charge < -0.3 is 10.4 Å². The quantitative estimate of drug-likeness (QED) is 0.719. The van der Waals surface area contributed by atoms with E-state index in [4.69, 9.17) is 5.11 Å². The van der Waals surface area contributed by atoms with E-state index in [-0.39, 0.29) is 12.5 Å². The van der Waals surface area contributed by atoms with Crippen molar-refractivity contribution in [3.63, 3.8) is 0 Å². The minimum Gasteiger partial charge on any atom is -0.481 e. The lowest BCUT2D eigenvalue weighted by Gasteiger charge is -2.21. The molecule has 0 aromatic carbocycles. The van der Waals surface area contributed by atoms with Crippen LogP contribution in [0.25, 0.3) is 0 Å². The van der Waals surface area contributed by atoms with Crippen molar-refractivity contribution in [1.82, 2.24) is 10.2 Å². The normalized spacial score (nSPS) is 22.9. The molecular formula is C11H20N2O3. The average molecular weight is 228 g/mol. The highest BCUT2D eigenvalue weighted by molar-refractivity contribution is 5.80. The van der Waals surface area contributed by atoms with E-state index in [1.54, 1.807) is 0 Å². The van der Waals surface area contributed by atoms with E-state index in [9.17, 15) is 9.59 Å². The summed E-state index contributed by atoms with van der Waals surface area (Å²) in [4.78, 5) is 24.2. The number of carboxylic acids is 1. The molecule has 1 unspecified atom stereocenters. The zero-order valence-electron chi connectivity index (χ0n) is 9.90. The van der Waals surface area contributed by atoms with Crippen molar-refractivity contribution in [1.29, 1.82) is 0 Å². The van der Waals surface area contributed by atoms with Crippen molar-refractivity contribution in [2.24, 2.45) is 11.8 Å². The number of nitrogens with one attached hydrogen (secondary N) is 1. The number of hydrogen-bond acceptors (Lipinski definition) is 3. The Bertz CT molecular complexity index is 266. The lowest BCUT2D eigenvalue weighted by molar-refractivity contribution is -0.141. The number of nitrogens with zero attached hydrogens (tertiary/aromatic N) is 1. The Kier molecular flexibility index (Phi) is 4.73. The lowest BCUT2D eigenvalue weighted by Crippen LogP contribution is -2.35. The number of amides is 1. The molecule has 1 saturated heterocycles. The molecule has 16 heavy (non-hydrogen) atoms. The van der Waals surface area contributed by atoms with Crippen LogP contribution >= 0.6 is 0 Å². The third kappa shape index (κ3) is 4.18. The first-order valence-corrected chi connectivity index (χ1v) is 5.71. The number of rotatable bonds is 4. The molecule has 0 radical (unpaired) electrons. The Morgan fingerprint density at radius 2 is 2.31 bits per heavy atom. The molecule has 1 amide bonds. The summed E-state index contributed by atoms with van der Waals surface area (Å²) < 4.78 is 0. The highest BCUT2D eigenvalue weighted by atomic mass is 16.4. The van der Waals surface area contributed by atoms with Gasteiger partial charge in [0.25, 0.3) is 0 Å². The van der Waals surface area contributed by atoms with Gasteiger partial charge in [-0.05, 0) is 18.9 Å². The Labute approximate surface area is 95.8 Å². The average Bonchev–Trinajstić information content (AvgIpc) is 2.37. The van der Waals surface area contributed by atoms with Crippen LogP contribution in [0.5, 0.6) is 0 Å². The van der Waals surface area contributed by atoms with Crippen LogP contribution in [-0.2, 0) is 9.59 Å². The zero-order valence-corrected chi connectivity index (χ0v) is 9.90. The molecule has 0 saturated carbocycles. The SMILES string of the molecule is CC(C)CCN1CC(=O)NCC(C(=O)O)C1. The first-order valence-electron chi connectivity index (χ1n) is 5.71. The first kappa shape index (κ1) is 13.0. The molecule has 0 spiro atoms. The van der Waals surface area contributed by atoms with Gasteiger partial charge in [0, 0.05) is 13.1 Å². The van der Waals surface area contributed by atoms with Crippen LogP contribution in [0.2, 0.25) is 0 Å². The largest absolute Gasteiger partial charge is 0.481 e. The second-order valence-corrected chi connectivity index (χ2v) is 4.76. The Hall–Kier alpha value is -1.10. The Morgan fingerprint density at radius 3 is 2.88 bits per heavy atom. The fraction of sp³-hybridized carbons (Fsp3) is 0.818. The van der Waals surface area contributed by atoms with Crippen LogP contribution in [0, 0.1) is 11.8 Å². The summed E-state index contributed by atoms with van der Waals surface area (Å²) in [5.74, 6) is -0.836. The topological polar surface area (TPSA) is 69.6 Å². The molecule has 1 fully saturated rings. The maximum atomic E-state index is 11.4. The molecule has 1 heterocycles. The summed E-state index contributed by atoms with van der Waals surface area (Å²) in [6.45, 7) is 6.04. The van der Waals surface area contributed by atoms with Gasteiger partial charge in [-0.25, -0.2) is 0 Å². The van der Waals surface area contributed by atoms with E-state index in [0.717, 1.165) is 13.0 Å². The molecule has 2 N–H and O–H groups in total. The van der Waals surface area contributed by atoms with Crippen LogP contribution in [0.1, 0.15) is 20.3 Å². The Balaban J connectivity index is 2.53. The third-order valence-corrected chi connectivity index (χ3v) is 2.76. The molecule has 0 bridgehead atoms. The molecule has 1 aliphatic heterocycles. The Morgan fingerprint density at radius 1 is 1.62 bits per heavy atom. The molecule has 5 nitrogen and oxygen atoms in total. The number of carbonyl (C=O) groups excluding carboxylic acids is 1. The van der Waals surface area contributed by atoms with Crippen LogP contribution in [0.15, 0.2) is 0 Å². The van der Waals surface area contributed by atoms with E-state index < -0.39 is 11.9 Å². The van der Waals surface area contributed by atoms with Gasteiger partial charge in [0.15, 0.2) is 0 Å². The van der Waals surface area contributed by atoms with Gasteiger partial charge in [-0.15, -0.1) is 0 Å². The van der Waals surface area contributed by atoms with E-state index in [1.165, 1.54) is 0 Å². The number of carboxylic acid groups (broad SMARTS) is 1. The molecular weight excluding hydrogens is 208 g/mol. The van der Waals surface area contributed by atoms with E-state index >= 15 is 0 Å². The second-order valence-electron chi connectivity index (χ2n) is 4.76. The van der Waals surface area contributed by atoms with E-state index in [1.807, 2.05) is 4.90 Å². The zero-order chi connectivity index (χ0) is 12.1. The third-order valence-electron chi connectivity index (χ3n) is 2.76. The minimum atomic E-state index is -0.836. The van der Waals surface area contributed by atoms with Gasteiger partial charge in [-0.3, -0.25) is 14.5 Å². The summed E-state index contributed by atoms with van der Waals surface area (Å²) in [7, 11) is 0. The van der Waals surface area contributed by atoms with Crippen molar-refractivity contribution in [2.75, 3.05) is 26.2 Å². The molecule has 0 aliphatic carbocycles. The fourth-order valence-corrected chi connectivity index (χ4v) is 1.71. The second kappa shape index (κ2) is 5.84. The highest BCUT2D eigenvalue weighted by Gasteiger charge is 2.26. The van der Waals surface area contributed by atoms with Crippen LogP contribution < -0.4 is 5.32 Å². The summed E-state index contributed by atoms with van der Waals surface area (Å²) in [6.07, 6.45) is 0.986. The van der Waals surface area contributed by atoms with Crippen LogP contribution in [-0.4, -0.2) is 48.1 Å². The van der Waals surface area contributed by atoms with Gasteiger partial charge in [0.2, 0.25) is 5.91 Å². The van der Waals surface area contributed by atoms with Gasteiger partial charge in [0.05, 0.1) is 12.5 Å². The van der Waals surface area contributed by atoms with Crippen molar-refractivity contribution < 1.29 is 14.7 Å². The standard InChI is InChI=1S/C11H20N2O3/c1-8(2)3-4-13-6-9(11(15)16)5-12-10(14)7-13/h8-9H,3-7H2,1-2H3,(H,12,14)(H,15,16). The lowest BCUT2D eigenvalue weighted by atomic mass is 10.1. The van der Waals surface area contributed by atoms with Gasteiger partial charge in [0.1, 0.15) is 0 Å². The van der Waals surface area contributed by atoms with Crippen molar-refractivity contribution in [3.8, 4) is 0 Å². The van der Waals surface area contributed by atoms with Crippen molar-refractivity contribution >= 4 is 11.9 Å². The molecule has 0 aromatic heterocycles. The number of hydrogen-bond donors (Lipinski definition) is 2. The maximum Gasteiger partial charge on any atom is 0.309 e. The molecule has 1 rings (SSSR count). The smallest absolute Gasteiger partial charge is 0.309 e. The van der Waals surface area contributed by atoms with Crippen LogP contribution in [0.3, 0.4) is 0 Å². The number of aliphatic carboxylic acids is 1. The number of carbonyl (C=O) groups is 2. The van der Waals surface area contributed by atoms with E-state index in [2.05, 4.69) is 19.2 Å². The monoisotopic (exact) mass is 228 g/mol. The first-order chi connectivity index (χ1) is 7.49. The summed E-state index contributed by atoms with van der Waals surface area (Å²) in [6, 6.07) is 0. The maximum absolute atomic E-state index is 11.4. The molecule has 0 aromatic rings. The molecule has 92 valence electrons. The van der Waals surface area contributed by atoms with Crippen molar-refractivity contribution in [2.45, 2.75) is 20.3 Å². The van der Waals surface area contributed by atoms with Gasteiger partial charge in [-0.2, -0.15) is 0 Å². The summed E-state index contributed by atoms with van der Waals surface area (Å²) >= 11 is 0. The predicted molar refractivity (Wildman–Crippen MR) is 60.0 cm³/mol. The fourth-order valence-electron chi connectivity index (χ4n) is 1.71. The molecule has 1 atom stereocenters. The van der Waals surface area contributed by atoms with E-state index in [0.29, 0.717) is 19.0 Å². The van der Waals surface area contributed by atoms with Crippen molar-refractivity contribution in [3.05, 3.63) is 0 Å². The molecule has 1 aliphatic rings. The molecule has 5 heteroatoms. The van der Waals surface area contributed by atoms with Gasteiger partial charge in [-0.1, -0.05) is 13.8 Å². The predicted octanol–water partition coefficient (Wildman–Crippen LogP) is 0.165. The highest BCUT2D eigenvalue weighted by Crippen LogP contribution is 2.08. The minimum absolute atomic E-state index is 0.0764. The summed E-state index contributed by atoms with van der Waals surface area (Å²) in [5, 5.41) is 11.6. The van der Waals surface area contributed by atoms with Crippen LogP contribution in [0.4, 0.5) is 0 Å². The van der Waals surface area contributed by atoms with Gasteiger partial charge >= 0.3 is 5.97 Å².